The summed E-state index contributed by atoms with van der Waals surface area (Å²) in [6, 6.07) is 15.2. The Morgan fingerprint density at radius 3 is 2.67 bits per heavy atom. The minimum Gasteiger partial charge on any atom is -0.478 e. The Hall–Kier alpha value is -4.20. The quantitative estimate of drug-likeness (QED) is 0.381. The van der Waals surface area contributed by atoms with Gasteiger partial charge in [-0.2, -0.15) is 5.26 Å². The molecule has 0 unspecified atom stereocenters. The molecule has 3 aromatic heterocycles. The van der Waals surface area contributed by atoms with E-state index in [0.717, 1.165) is 24.3 Å². The molecule has 0 atom stereocenters. The van der Waals surface area contributed by atoms with Gasteiger partial charge in [-0.25, -0.2) is 9.78 Å². The lowest BCUT2D eigenvalue weighted by Crippen LogP contribution is -2.36. The monoisotopic (exact) mass is 502 g/mol. The summed E-state index contributed by atoms with van der Waals surface area (Å²) in [6.45, 7) is 4.84. The number of anilines is 1. The molecule has 1 aliphatic heterocycles. The summed E-state index contributed by atoms with van der Waals surface area (Å²) in [5.41, 5.74) is 4.05. The predicted octanol–water partition coefficient (Wildman–Crippen LogP) is 4.76. The molecule has 0 spiro atoms. The maximum Gasteiger partial charge on any atom is 0.336 e. The Balaban J connectivity index is 1.53. The van der Waals surface area contributed by atoms with Crippen molar-refractivity contribution >= 4 is 23.0 Å². The van der Waals surface area contributed by atoms with Gasteiger partial charge < -0.3 is 24.0 Å². The Morgan fingerprint density at radius 1 is 1.22 bits per heavy atom. The summed E-state index contributed by atoms with van der Waals surface area (Å²) in [4.78, 5) is 18.9. The number of carboxylic acids is 1. The highest BCUT2D eigenvalue weighted by Crippen LogP contribution is 2.35. The average Bonchev–Trinajstić information content (AvgIpc) is 3.56. The van der Waals surface area contributed by atoms with Crippen molar-refractivity contribution in [2.24, 2.45) is 0 Å². The molecule has 10 heteroatoms. The van der Waals surface area contributed by atoms with Crippen LogP contribution in [0.4, 0.5) is 5.69 Å². The van der Waals surface area contributed by atoms with E-state index in [4.69, 9.17) is 14.0 Å². The van der Waals surface area contributed by atoms with Crippen molar-refractivity contribution in [1.29, 1.82) is 5.26 Å². The van der Waals surface area contributed by atoms with Crippen molar-refractivity contribution in [1.82, 2.24) is 10.1 Å². The zero-order chi connectivity index (χ0) is 25.1. The van der Waals surface area contributed by atoms with Crippen LogP contribution < -0.4 is 9.64 Å². The molecular formula is C26H22N4O5S. The van der Waals surface area contributed by atoms with Gasteiger partial charge in [-0.3, -0.25) is 0 Å². The number of aryl methyl sites for hydroxylation is 1. The van der Waals surface area contributed by atoms with Crippen molar-refractivity contribution in [3.05, 3.63) is 69.5 Å². The predicted molar refractivity (Wildman–Crippen MR) is 133 cm³/mol. The van der Waals surface area contributed by atoms with E-state index in [1.165, 1.54) is 17.4 Å². The Labute approximate surface area is 211 Å². The van der Waals surface area contributed by atoms with E-state index in [-0.39, 0.29) is 23.6 Å². The smallest absolute Gasteiger partial charge is 0.336 e. The van der Waals surface area contributed by atoms with Crippen molar-refractivity contribution < 1.29 is 23.9 Å². The van der Waals surface area contributed by atoms with Crippen LogP contribution in [0.1, 0.15) is 26.5 Å². The van der Waals surface area contributed by atoms with Crippen LogP contribution in [0, 0.1) is 18.3 Å². The fraction of sp³-hybridized carbons (Fsp3) is 0.231. The van der Waals surface area contributed by atoms with Gasteiger partial charge in [0.1, 0.15) is 18.2 Å². The molecule has 36 heavy (non-hydrogen) atoms. The third-order valence-electron chi connectivity index (χ3n) is 5.85. The van der Waals surface area contributed by atoms with Crippen LogP contribution >= 0.6 is 11.3 Å². The first kappa shape index (κ1) is 23.5. The van der Waals surface area contributed by atoms with E-state index in [1.54, 1.807) is 24.4 Å². The van der Waals surface area contributed by atoms with Gasteiger partial charge in [0.05, 0.1) is 35.0 Å². The van der Waals surface area contributed by atoms with Crippen LogP contribution in [-0.2, 0) is 11.3 Å². The molecule has 4 heterocycles. The molecular weight excluding hydrogens is 480 g/mol. The molecule has 0 saturated carbocycles. The second-order valence-electron chi connectivity index (χ2n) is 8.18. The minimum atomic E-state index is -1.03. The van der Waals surface area contributed by atoms with Crippen LogP contribution in [0.5, 0.6) is 5.88 Å². The number of aromatic nitrogens is 2. The number of carbonyl (C=O) groups is 1. The first-order chi connectivity index (χ1) is 17.5. The molecule has 1 saturated heterocycles. The van der Waals surface area contributed by atoms with E-state index in [0.29, 0.717) is 40.8 Å². The lowest BCUT2D eigenvalue weighted by atomic mass is 10.0. The van der Waals surface area contributed by atoms with E-state index in [2.05, 4.69) is 21.1 Å². The summed E-state index contributed by atoms with van der Waals surface area (Å²) >= 11 is 1.27. The molecule has 1 N–H and O–H groups in total. The second kappa shape index (κ2) is 10.2. The number of nitriles is 1. The van der Waals surface area contributed by atoms with Crippen LogP contribution in [0.25, 0.3) is 22.6 Å². The summed E-state index contributed by atoms with van der Waals surface area (Å²) in [6.07, 6.45) is 0. The Kier molecular flexibility index (Phi) is 6.66. The molecule has 5 rings (SSSR count). The molecule has 9 nitrogen and oxygen atoms in total. The highest BCUT2D eigenvalue weighted by molar-refractivity contribution is 7.10. The van der Waals surface area contributed by atoms with Crippen molar-refractivity contribution in [3.8, 4) is 34.5 Å². The molecule has 1 fully saturated rings. The SMILES string of the molecule is Cc1cc(-c2cc(-c3ccc(N4CCOCC4)cc3)nc(OCc3sccc3C(=O)O)c2C#N)on1. The Morgan fingerprint density at radius 2 is 2.00 bits per heavy atom. The molecule has 1 aromatic carbocycles. The van der Waals surface area contributed by atoms with Crippen molar-refractivity contribution in [2.45, 2.75) is 13.5 Å². The number of pyridine rings is 1. The first-order valence-electron chi connectivity index (χ1n) is 11.3. The summed E-state index contributed by atoms with van der Waals surface area (Å²) in [7, 11) is 0. The fourth-order valence-corrected chi connectivity index (χ4v) is 4.79. The van der Waals surface area contributed by atoms with Gasteiger partial charge in [-0.1, -0.05) is 17.3 Å². The van der Waals surface area contributed by atoms with Gasteiger partial charge in [0.2, 0.25) is 5.88 Å². The number of aromatic carboxylic acids is 1. The van der Waals surface area contributed by atoms with Gasteiger partial charge in [0.25, 0.3) is 0 Å². The van der Waals surface area contributed by atoms with Crippen molar-refractivity contribution in [2.75, 3.05) is 31.2 Å². The summed E-state index contributed by atoms with van der Waals surface area (Å²) in [5.74, 6) is -0.513. The van der Waals surface area contributed by atoms with Crippen LogP contribution in [0.2, 0.25) is 0 Å². The van der Waals surface area contributed by atoms with Gasteiger partial charge in [-0.15, -0.1) is 11.3 Å². The zero-order valence-electron chi connectivity index (χ0n) is 19.4. The number of benzene rings is 1. The molecule has 0 aliphatic carbocycles. The van der Waals surface area contributed by atoms with Gasteiger partial charge in [0.15, 0.2) is 5.76 Å². The maximum absolute atomic E-state index is 11.5. The third-order valence-corrected chi connectivity index (χ3v) is 6.74. The highest BCUT2D eigenvalue weighted by atomic mass is 32.1. The average molecular weight is 503 g/mol. The molecule has 4 aromatic rings. The number of thiophene rings is 1. The lowest BCUT2D eigenvalue weighted by molar-refractivity contribution is 0.0694. The first-order valence-corrected chi connectivity index (χ1v) is 12.2. The van der Waals surface area contributed by atoms with Crippen LogP contribution in [0.15, 0.2) is 52.4 Å². The van der Waals surface area contributed by atoms with Gasteiger partial charge in [-0.05, 0) is 36.6 Å². The molecule has 0 radical (unpaired) electrons. The molecule has 1 aliphatic rings. The largest absolute Gasteiger partial charge is 0.478 e. The third kappa shape index (κ3) is 4.79. The topological polar surface area (TPSA) is 122 Å². The van der Waals surface area contributed by atoms with Gasteiger partial charge >= 0.3 is 5.97 Å². The second-order valence-corrected chi connectivity index (χ2v) is 9.18. The number of ether oxygens (including phenoxy) is 2. The number of nitrogens with zero attached hydrogens (tertiary/aromatic N) is 4. The molecule has 182 valence electrons. The van der Waals surface area contributed by atoms with Gasteiger partial charge in [0, 0.05) is 36.0 Å². The Bertz CT molecular complexity index is 1430. The number of hydrogen-bond acceptors (Lipinski definition) is 9. The normalized spacial score (nSPS) is 13.4. The number of rotatable bonds is 7. The maximum atomic E-state index is 11.5. The van der Waals surface area contributed by atoms with Crippen molar-refractivity contribution in [3.63, 3.8) is 0 Å². The molecule has 0 bridgehead atoms. The fourth-order valence-electron chi connectivity index (χ4n) is 4.01. The van der Waals surface area contributed by atoms with E-state index < -0.39 is 5.97 Å². The zero-order valence-corrected chi connectivity index (χ0v) is 20.2. The van der Waals surface area contributed by atoms with E-state index >= 15 is 0 Å². The molecule has 0 amide bonds. The van der Waals surface area contributed by atoms with Crippen LogP contribution in [-0.4, -0.2) is 47.5 Å². The number of morpholine rings is 1. The standard InChI is InChI=1S/C26H22N4O5S/c1-16-12-23(35-29-16)20-13-22(17-2-4-18(5-3-17)30-7-9-33-10-8-30)28-25(21(20)14-27)34-15-24-19(26(31)32)6-11-36-24/h2-6,11-13H,7-10,15H2,1H3,(H,31,32). The highest BCUT2D eigenvalue weighted by Gasteiger charge is 2.21. The number of carboxylic acid groups (broad SMARTS) is 1. The number of hydrogen-bond donors (Lipinski definition) is 1. The van der Waals surface area contributed by atoms with E-state index in [1.807, 2.05) is 24.3 Å². The summed E-state index contributed by atoms with van der Waals surface area (Å²) < 4.78 is 16.8. The van der Waals surface area contributed by atoms with E-state index in [9.17, 15) is 15.2 Å². The summed E-state index contributed by atoms with van der Waals surface area (Å²) in [5, 5.41) is 25.0. The minimum absolute atomic E-state index is 0.0325. The van der Waals surface area contributed by atoms with Crippen LogP contribution in [0.3, 0.4) is 0 Å². The lowest BCUT2D eigenvalue weighted by Gasteiger charge is -2.28.